The van der Waals surface area contributed by atoms with Crippen molar-refractivity contribution in [2.24, 2.45) is 5.92 Å². The number of nitrogens with one attached hydrogen (secondary N) is 1. The van der Waals surface area contributed by atoms with E-state index in [9.17, 15) is 13.2 Å². The van der Waals surface area contributed by atoms with E-state index in [0.29, 0.717) is 18.8 Å². The number of nitrogens with zero attached hydrogens (tertiary/aromatic N) is 2. The first-order valence-electron chi connectivity index (χ1n) is 8.86. The summed E-state index contributed by atoms with van der Waals surface area (Å²) in [5.41, 5.74) is 2.07. The molecule has 0 bridgehead atoms. The number of benzene rings is 2. The van der Waals surface area contributed by atoms with Crippen LogP contribution in [0, 0.1) is 41.6 Å². The molecule has 6 heteroatoms. The van der Waals surface area contributed by atoms with Crippen LogP contribution in [0.25, 0.3) is 5.70 Å². The molecule has 0 radical (unpaired) electrons. The van der Waals surface area contributed by atoms with E-state index < -0.39 is 17.5 Å². The van der Waals surface area contributed by atoms with Crippen LogP contribution >= 0.6 is 0 Å². The van der Waals surface area contributed by atoms with Gasteiger partial charge in [0.25, 0.3) is 0 Å². The fourth-order valence-corrected chi connectivity index (χ4v) is 4.02. The van der Waals surface area contributed by atoms with E-state index in [2.05, 4.69) is 10.2 Å². The number of nitriles is 1. The predicted octanol–water partition coefficient (Wildman–Crippen LogP) is 4.12. The van der Waals surface area contributed by atoms with Gasteiger partial charge in [0.15, 0.2) is 0 Å². The zero-order valence-corrected chi connectivity index (χ0v) is 14.8. The molecule has 0 saturated carbocycles. The zero-order chi connectivity index (χ0) is 19.1. The van der Waals surface area contributed by atoms with Crippen molar-refractivity contribution in [1.82, 2.24) is 5.32 Å². The van der Waals surface area contributed by atoms with Crippen molar-refractivity contribution < 1.29 is 13.2 Å². The van der Waals surface area contributed by atoms with E-state index in [1.165, 1.54) is 24.3 Å². The molecule has 27 heavy (non-hydrogen) atoms. The molecule has 138 valence electrons. The highest BCUT2D eigenvalue weighted by atomic mass is 19.1. The summed E-state index contributed by atoms with van der Waals surface area (Å²) < 4.78 is 42.3. The lowest BCUT2D eigenvalue weighted by Gasteiger charge is -2.37. The Kier molecular flexibility index (Phi) is 4.31. The minimum atomic E-state index is -0.589. The molecule has 1 saturated heterocycles. The summed E-state index contributed by atoms with van der Waals surface area (Å²) in [7, 11) is 0. The van der Waals surface area contributed by atoms with Gasteiger partial charge in [-0.15, -0.1) is 0 Å². The third kappa shape index (κ3) is 3.03. The van der Waals surface area contributed by atoms with Gasteiger partial charge >= 0.3 is 0 Å². The Morgan fingerprint density at radius 1 is 1.15 bits per heavy atom. The molecule has 1 fully saturated rings. The molecule has 2 heterocycles. The summed E-state index contributed by atoms with van der Waals surface area (Å²) >= 11 is 0. The number of fused-ring (bicyclic) bond motifs is 1. The maximum absolute atomic E-state index is 14.1. The molecule has 2 aromatic carbocycles. The highest BCUT2D eigenvalue weighted by Gasteiger charge is 2.35. The lowest BCUT2D eigenvalue weighted by atomic mass is 9.93. The quantitative estimate of drug-likeness (QED) is 0.865. The minimum Gasteiger partial charge on any atom is -0.381 e. The van der Waals surface area contributed by atoms with Gasteiger partial charge < -0.3 is 10.2 Å². The minimum absolute atomic E-state index is 0.0287. The topological polar surface area (TPSA) is 39.1 Å². The second kappa shape index (κ2) is 6.66. The van der Waals surface area contributed by atoms with Gasteiger partial charge in [0.2, 0.25) is 0 Å². The molecular weight excluding hydrogens is 351 g/mol. The fourth-order valence-electron chi connectivity index (χ4n) is 4.02. The van der Waals surface area contributed by atoms with Gasteiger partial charge in [-0.25, -0.2) is 13.2 Å². The largest absolute Gasteiger partial charge is 0.381 e. The lowest BCUT2D eigenvalue weighted by Crippen LogP contribution is -2.45. The van der Waals surface area contributed by atoms with E-state index >= 15 is 0 Å². The van der Waals surface area contributed by atoms with Gasteiger partial charge in [-0.05, 0) is 43.2 Å². The van der Waals surface area contributed by atoms with Crippen molar-refractivity contribution in [2.45, 2.75) is 19.4 Å². The van der Waals surface area contributed by atoms with Crippen molar-refractivity contribution >= 4 is 11.4 Å². The highest BCUT2D eigenvalue weighted by Crippen LogP contribution is 2.35. The third-order valence-electron chi connectivity index (χ3n) is 5.36. The molecular formula is C21H18F3N3. The molecule has 2 aliphatic rings. The number of aryl methyl sites for hydroxylation is 1. The Bertz CT molecular complexity index is 957. The van der Waals surface area contributed by atoms with Crippen LogP contribution in [0.2, 0.25) is 0 Å². The number of anilines is 1. The van der Waals surface area contributed by atoms with Crippen LogP contribution in [-0.2, 0) is 0 Å². The van der Waals surface area contributed by atoms with Gasteiger partial charge in [-0.3, -0.25) is 0 Å². The fraction of sp³-hybridized carbons (Fsp3) is 0.286. The summed E-state index contributed by atoms with van der Waals surface area (Å²) in [5.74, 6) is -1.65. The zero-order valence-electron chi connectivity index (χ0n) is 14.8. The second-order valence-electron chi connectivity index (χ2n) is 7.06. The Hall–Kier alpha value is -2.94. The van der Waals surface area contributed by atoms with Crippen LogP contribution in [0.5, 0.6) is 0 Å². The molecule has 1 N–H and O–H groups in total. The Balaban J connectivity index is 1.61. The van der Waals surface area contributed by atoms with Gasteiger partial charge in [0.1, 0.15) is 23.5 Å². The SMILES string of the molecule is Cc1cc(C#N)c(F)cc1N1CCC2NC(c3c(F)cccc3F)=CC2C1. The maximum Gasteiger partial charge on any atom is 0.143 e. The summed E-state index contributed by atoms with van der Waals surface area (Å²) in [4.78, 5) is 2.07. The predicted molar refractivity (Wildman–Crippen MR) is 97.4 cm³/mol. The van der Waals surface area contributed by atoms with Crippen LogP contribution in [0.3, 0.4) is 0 Å². The van der Waals surface area contributed by atoms with Gasteiger partial charge in [-0.1, -0.05) is 12.1 Å². The molecule has 0 spiro atoms. The highest BCUT2D eigenvalue weighted by molar-refractivity contribution is 5.68. The molecule has 2 aromatic rings. The van der Waals surface area contributed by atoms with Crippen molar-refractivity contribution in [3.05, 3.63) is 70.5 Å². The molecule has 4 rings (SSSR count). The summed E-state index contributed by atoms with van der Waals surface area (Å²) in [6.45, 7) is 3.16. The maximum atomic E-state index is 14.1. The Labute approximate surface area is 155 Å². The molecule has 0 amide bonds. The van der Waals surface area contributed by atoms with E-state index in [-0.39, 0.29) is 23.1 Å². The first kappa shape index (κ1) is 17.5. The van der Waals surface area contributed by atoms with Gasteiger partial charge in [0.05, 0.1) is 11.1 Å². The van der Waals surface area contributed by atoms with Gasteiger partial charge in [0, 0.05) is 36.4 Å². The Morgan fingerprint density at radius 2 is 1.89 bits per heavy atom. The molecule has 3 nitrogen and oxygen atoms in total. The second-order valence-corrected chi connectivity index (χ2v) is 7.06. The summed E-state index contributed by atoms with van der Waals surface area (Å²) in [6.07, 6.45) is 2.63. The van der Waals surface area contributed by atoms with Crippen molar-refractivity contribution in [3.8, 4) is 6.07 Å². The van der Waals surface area contributed by atoms with Crippen molar-refractivity contribution in [2.75, 3.05) is 18.0 Å². The number of halogens is 3. The smallest absolute Gasteiger partial charge is 0.143 e. The number of hydrogen-bond donors (Lipinski definition) is 1. The monoisotopic (exact) mass is 369 g/mol. The summed E-state index contributed by atoms with van der Waals surface area (Å²) in [5, 5.41) is 12.2. The third-order valence-corrected chi connectivity index (χ3v) is 5.36. The van der Waals surface area contributed by atoms with Crippen LogP contribution < -0.4 is 10.2 Å². The molecule has 0 aromatic heterocycles. The Morgan fingerprint density at radius 3 is 2.59 bits per heavy atom. The van der Waals surface area contributed by atoms with Crippen molar-refractivity contribution in [1.29, 1.82) is 5.26 Å². The van der Waals surface area contributed by atoms with E-state index in [1.54, 1.807) is 6.07 Å². The number of rotatable bonds is 2. The van der Waals surface area contributed by atoms with Crippen LogP contribution in [0.15, 0.2) is 36.4 Å². The van der Waals surface area contributed by atoms with E-state index in [1.807, 2.05) is 19.1 Å². The molecule has 2 unspecified atom stereocenters. The average Bonchev–Trinajstić information content (AvgIpc) is 3.05. The number of hydrogen-bond acceptors (Lipinski definition) is 3. The standard InChI is InChI=1S/C21H18F3N3/c1-12-7-13(10-25)17(24)9-20(12)27-6-5-18-14(11-27)8-19(26-18)21-15(22)3-2-4-16(21)23/h2-4,7-9,14,18,26H,5-6,11H2,1H3. The van der Waals surface area contributed by atoms with Crippen molar-refractivity contribution in [3.63, 3.8) is 0 Å². The molecule has 2 atom stereocenters. The number of piperidine rings is 1. The van der Waals surface area contributed by atoms with Crippen LogP contribution in [-0.4, -0.2) is 19.1 Å². The molecule has 2 aliphatic heterocycles. The normalized spacial score (nSPS) is 21.3. The lowest BCUT2D eigenvalue weighted by molar-refractivity contribution is 0.403. The first-order chi connectivity index (χ1) is 13.0. The van der Waals surface area contributed by atoms with Crippen LogP contribution in [0.1, 0.15) is 23.1 Å². The van der Waals surface area contributed by atoms with E-state index in [0.717, 1.165) is 17.7 Å². The molecule has 0 aliphatic carbocycles. The first-order valence-corrected chi connectivity index (χ1v) is 8.86. The van der Waals surface area contributed by atoms with Crippen LogP contribution in [0.4, 0.5) is 18.9 Å². The van der Waals surface area contributed by atoms with Gasteiger partial charge in [-0.2, -0.15) is 5.26 Å². The average molecular weight is 369 g/mol. The summed E-state index contributed by atoms with van der Waals surface area (Å²) in [6, 6.07) is 8.75. The van der Waals surface area contributed by atoms with E-state index in [4.69, 9.17) is 5.26 Å².